The van der Waals surface area contributed by atoms with Crippen LogP contribution in [0.4, 0.5) is 37.8 Å². The maximum absolute atomic E-state index is 14.0. The molecule has 37 heavy (non-hydrogen) atoms. The molecule has 2 atom stereocenters. The Morgan fingerprint density at radius 1 is 1.08 bits per heavy atom. The number of ether oxygens (including phenoxy) is 2. The molecule has 1 aliphatic heterocycles. The van der Waals surface area contributed by atoms with E-state index in [1.54, 1.807) is 6.07 Å². The monoisotopic (exact) mass is 548 g/mol. The van der Waals surface area contributed by atoms with Gasteiger partial charge in [-0.25, -0.2) is 4.68 Å². The number of carbonyl (C=O) groups is 1. The Balaban J connectivity index is 1.69. The third kappa shape index (κ3) is 5.26. The molecule has 198 valence electrons. The minimum Gasteiger partial charge on any atom is -0.493 e. The Morgan fingerprint density at radius 2 is 1.78 bits per heavy atom. The molecule has 4 rings (SSSR count). The molecule has 0 saturated heterocycles. The van der Waals surface area contributed by atoms with E-state index < -0.39 is 47.4 Å². The Kier molecular flexibility index (Phi) is 6.93. The van der Waals surface area contributed by atoms with Crippen LogP contribution >= 0.6 is 11.6 Å². The molecule has 1 aromatic heterocycles. The first-order chi connectivity index (χ1) is 17.3. The molecule has 0 unspecified atom stereocenters. The van der Waals surface area contributed by atoms with Gasteiger partial charge in [0.1, 0.15) is 11.4 Å². The summed E-state index contributed by atoms with van der Waals surface area (Å²) in [7, 11) is 2.80. The molecule has 1 aliphatic rings. The van der Waals surface area contributed by atoms with Gasteiger partial charge in [0.05, 0.1) is 37.0 Å². The van der Waals surface area contributed by atoms with E-state index in [1.807, 2.05) is 0 Å². The highest BCUT2D eigenvalue weighted by Crippen LogP contribution is 2.45. The smallest absolute Gasteiger partial charge is 0.417 e. The number of nitrogens with zero attached hydrogens (tertiary/aromatic N) is 2. The molecule has 0 saturated carbocycles. The van der Waals surface area contributed by atoms with Crippen LogP contribution < -0.4 is 20.1 Å². The number of rotatable bonds is 5. The SMILES string of the molecule is COc1ccc([C@@H]2C[C@H](C(F)(F)F)n3ncc(C(=O)Nc4ccc(Cl)c(C(F)(F)F)c4)c3N2)cc1OC. The third-order valence-electron chi connectivity index (χ3n) is 5.82. The van der Waals surface area contributed by atoms with Gasteiger partial charge in [-0.2, -0.15) is 31.4 Å². The van der Waals surface area contributed by atoms with Gasteiger partial charge in [0.25, 0.3) is 5.91 Å². The van der Waals surface area contributed by atoms with Crippen molar-refractivity contribution in [3.8, 4) is 11.5 Å². The number of anilines is 2. The second-order valence-corrected chi connectivity index (χ2v) is 8.51. The zero-order valence-electron chi connectivity index (χ0n) is 19.2. The van der Waals surface area contributed by atoms with Gasteiger partial charge in [-0.05, 0) is 35.9 Å². The van der Waals surface area contributed by atoms with Crippen molar-refractivity contribution < 1.29 is 40.6 Å². The molecule has 2 N–H and O–H groups in total. The van der Waals surface area contributed by atoms with Gasteiger partial charge in [0.2, 0.25) is 0 Å². The second kappa shape index (κ2) is 9.69. The summed E-state index contributed by atoms with van der Waals surface area (Å²) in [6.45, 7) is 0. The van der Waals surface area contributed by atoms with E-state index in [0.717, 1.165) is 18.3 Å². The van der Waals surface area contributed by atoms with Crippen molar-refractivity contribution in [3.63, 3.8) is 0 Å². The standard InChI is InChI=1S/C23H19ClF6N4O3/c1-36-17-6-3-11(7-18(17)37-2)16-9-19(23(28,29)30)34-20(33-16)13(10-31-34)21(35)32-12-4-5-15(24)14(8-12)22(25,26)27/h3-8,10,16,19,33H,9H2,1-2H3,(H,32,35)/t16-,19+/m0/s1. The quantitative estimate of drug-likeness (QED) is 0.357. The lowest BCUT2D eigenvalue weighted by molar-refractivity contribution is -0.173. The van der Waals surface area contributed by atoms with Crippen molar-refractivity contribution in [3.05, 3.63) is 64.3 Å². The molecular formula is C23H19ClF6N4O3. The van der Waals surface area contributed by atoms with E-state index >= 15 is 0 Å². The predicted octanol–water partition coefficient (Wildman–Crippen LogP) is 6.49. The largest absolute Gasteiger partial charge is 0.493 e. The number of nitrogens with one attached hydrogen (secondary N) is 2. The summed E-state index contributed by atoms with van der Waals surface area (Å²) < 4.78 is 92.5. The summed E-state index contributed by atoms with van der Waals surface area (Å²) in [6, 6.07) is 4.37. The highest BCUT2D eigenvalue weighted by Gasteiger charge is 2.47. The van der Waals surface area contributed by atoms with E-state index in [1.165, 1.54) is 26.4 Å². The van der Waals surface area contributed by atoms with Gasteiger partial charge >= 0.3 is 12.4 Å². The van der Waals surface area contributed by atoms with E-state index in [0.29, 0.717) is 27.8 Å². The Morgan fingerprint density at radius 3 is 2.41 bits per heavy atom. The summed E-state index contributed by atoms with van der Waals surface area (Å²) in [5.74, 6) is -0.528. The number of halogens is 7. The minimum atomic E-state index is -4.77. The summed E-state index contributed by atoms with van der Waals surface area (Å²) in [4.78, 5) is 12.9. The first-order valence-electron chi connectivity index (χ1n) is 10.6. The van der Waals surface area contributed by atoms with Crippen molar-refractivity contribution >= 4 is 29.0 Å². The number of fused-ring (bicyclic) bond motifs is 1. The fourth-order valence-corrected chi connectivity index (χ4v) is 4.26. The molecular weight excluding hydrogens is 530 g/mol. The Labute approximate surface area is 211 Å². The predicted molar refractivity (Wildman–Crippen MR) is 122 cm³/mol. The Bertz CT molecular complexity index is 1320. The normalized spacial score (nSPS) is 17.5. The van der Waals surface area contributed by atoms with Gasteiger partial charge in [-0.3, -0.25) is 4.79 Å². The second-order valence-electron chi connectivity index (χ2n) is 8.10. The molecule has 0 fully saturated rings. The molecule has 2 aromatic carbocycles. The van der Waals surface area contributed by atoms with Crippen molar-refractivity contribution in [1.29, 1.82) is 0 Å². The highest BCUT2D eigenvalue weighted by atomic mass is 35.5. The molecule has 0 spiro atoms. The van der Waals surface area contributed by atoms with Crippen LogP contribution in [0.3, 0.4) is 0 Å². The van der Waals surface area contributed by atoms with Gasteiger partial charge < -0.3 is 20.1 Å². The van der Waals surface area contributed by atoms with Crippen molar-refractivity contribution in [1.82, 2.24) is 9.78 Å². The number of carbonyl (C=O) groups excluding carboxylic acids is 1. The molecule has 14 heteroatoms. The fourth-order valence-electron chi connectivity index (χ4n) is 4.04. The zero-order valence-corrected chi connectivity index (χ0v) is 19.9. The number of benzene rings is 2. The molecule has 0 radical (unpaired) electrons. The first-order valence-corrected chi connectivity index (χ1v) is 11.0. The van der Waals surface area contributed by atoms with E-state index in [2.05, 4.69) is 15.7 Å². The highest BCUT2D eigenvalue weighted by molar-refractivity contribution is 6.31. The topological polar surface area (TPSA) is 77.4 Å². The molecule has 3 aromatic rings. The van der Waals surface area contributed by atoms with Gasteiger partial charge in [-0.1, -0.05) is 17.7 Å². The van der Waals surface area contributed by atoms with E-state index in [9.17, 15) is 31.1 Å². The number of hydrogen-bond donors (Lipinski definition) is 2. The van der Waals surface area contributed by atoms with Gasteiger partial charge in [-0.15, -0.1) is 0 Å². The zero-order chi connectivity index (χ0) is 27.1. The number of aromatic nitrogens is 2. The maximum atomic E-state index is 14.0. The minimum absolute atomic E-state index is 0.240. The van der Waals surface area contributed by atoms with E-state index in [4.69, 9.17) is 21.1 Å². The summed E-state index contributed by atoms with van der Waals surface area (Å²) in [5.41, 5.74) is -1.28. The molecule has 7 nitrogen and oxygen atoms in total. The number of alkyl halides is 6. The van der Waals surface area contributed by atoms with Crippen molar-refractivity contribution in [2.75, 3.05) is 24.9 Å². The van der Waals surface area contributed by atoms with Gasteiger partial charge in [0, 0.05) is 12.1 Å². The number of methoxy groups -OCH3 is 2. The average molecular weight is 549 g/mol. The van der Waals surface area contributed by atoms with Crippen LogP contribution in [0.25, 0.3) is 0 Å². The van der Waals surface area contributed by atoms with Crippen LogP contribution in [-0.4, -0.2) is 36.1 Å². The molecule has 0 aliphatic carbocycles. The summed E-state index contributed by atoms with van der Waals surface area (Å²) in [5, 5.41) is 8.36. The average Bonchev–Trinajstić information content (AvgIpc) is 3.27. The van der Waals surface area contributed by atoms with Crippen LogP contribution in [0.5, 0.6) is 11.5 Å². The van der Waals surface area contributed by atoms with Crippen LogP contribution in [0.15, 0.2) is 42.6 Å². The van der Waals surface area contributed by atoms with Crippen LogP contribution in [0, 0.1) is 0 Å². The molecule has 1 amide bonds. The van der Waals surface area contributed by atoms with Crippen molar-refractivity contribution in [2.45, 2.75) is 30.9 Å². The van der Waals surface area contributed by atoms with E-state index in [-0.39, 0.29) is 17.1 Å². The first kappa shape index (κ1) is 26.5. The summed E-state index contributed by atoms with van der Waals surface area (Å²) in [6.07, 6.45) is -9.00. The maximum Gasteiger partial charge on any atom is 0.417 e. The molecule has 0 bridgehead atoms. The Hall–Kier alpha value is -3.61. The lowest BCUT2D eigenvalue weighted by Gasteiger charge is -2.34. The lowest BCUT2D eigenvalue weighted by Crippen LogP contribution is -2.36. The van der Waals surface area contributed by atoms with Crippen LogP contribution in [0.2, 0.25) is 5.02 Å². The number of hydrogen-bond acceptors (Lipinski definition) is 5. The third-order valence-corrected chi connectivity index (χ3v) is 6.15. The number of amides is 1. The molecule has 2 heterocycles. The van der Waals surface area contributed by atoms with Crippen molar-refractivity contribution in [2.24, 2.45) is 0 Å². The summed E-state index contributed by atoms with van der Waals surface area (Å²) >= 11 is 5.61. The fraction of sp³-hybridized carbons (Fsp3) is 0.304. The lowest BCUT2D eigenvalue weighted by atomic mass is 9.96. The van der Waals surface area contributed by atoms with Crippen LogP contribution in [0.1, 0.15) is 40.0 Å². The van der Waals surface area contributed by atoms with Crippen LogP contribution in [-0.2, 0) is 6.18 Å². The van der Waals surface area contributed by atoms with Gasteiger partial charge in [0.15, 0.2) is 17.5 Å².